The van der Waals surface area contributed by atoms with Crippen LogP contribution < -0.4 is 5.73 Å². The van der Waals surface area contributed by atoms with E-state index >= 15 is 0 Å². The van der Waals surface area contributed by atoms with E-state index in [1.807, 2.05) is 0 Å². The van der Waals surface area contributed by atoms with Gasteiger partial charge in [0.25, 0.3) is 0 Å². The molecule has 14 heteroatoms. The fraction of sp³-hybridized carbons (Fsp3) is 0.789. The van der Waals surface area contributed by atoms with Gasteiger partial charge in [-0.05, 0) is 46.5 Å². The maximum atomic E-state index is 12.3. The summed E-state index contributed by atoms with van der Waals surface area (Å²) in [4.78, 5) is 47.0. The zero-order chi connectivity index (χ0) is 25.0. The van der Waals surface area contributed by atoms with Crippen LogP contribution in [0.3, 0.4) is 0 Å². The van der Waals surface area contributed by atoms with Gasteiger partial charge in [-0.15, -0.1) is 4.28 Å². The molecule has 2 bridgehead atoms. The van der Waals surface area contributed by atoms with Crippen LogP contribution in [-0.2, 0) is 42.7 Å². The van der Waals surface area contributed by atoms with Crippen LogP contribution >= 0.6 is 0 Å². The molecule has 2 N–H and O–H groups in total. The van der Waals surface area contributed by atoms with E-state index in [9.17, 15) is 27.6 Å². The number of esters is 2. The SMILES string of the molecule is CCOC(=O)C(C)(C)COS(=O)(=O)ON1C(=O)N2C[C@H]1CC[C@H]2C(N)=O.COC(=O)C1CC1. The molecule has 0 radical (unpaired) electrons. The molecule has 1 saturated carbocycles. The molecule has 3 fully saturated rings. The Labute approximate surface area is 192 Å². The van der Waals surface area contributed by atoms with Gasteiger partial charge in [0, 0.05) is 6.54 Å². The number of carbonyl (C=O) groups is 4. The van der Waals surface area contributed by atoms with E-state index in [0.29, 0.717) is 17.9 Å². The molecule has 3 rings (SSSR count). The molecule has 0 spiro atoms. The molecular formula is C19H31N3O10S. The summed E-state index contributed by atoms with van der Waals surface area (Å²) >= 11 is 0. The average Bonchev–Trinajstić information content (AvgIpc) is 3.58. The molecule has 0 unspecified atom stereocenters. The Morgan fingerprint density at radius 3 is 2.27 bits per heavy atom. The maximum Gasteiger partial charge on any atom is 0.421 e. The zero-order valence-electron chi connectivity index (χ0n) is 19.1. The highest BCUT2D eigenvalue weighted by molar-refractivity contribution is 7.81. The molecule has 3 aliphatic rings. The summed E-state index contributed by atoms with van der Waals surface area (Å²) in [5, 5.41) is 0.676. The Morgan fingerprint density at radius 1 is 1.15 bits per heavy atom. The number of nitrogens with zero attached hydrogens (tertiary/aromatic N) is 2. The number of urea groups is 1. The molecule has 13 nitrogen and oxygen atoms in total. The van der Waals surface area contributed by atoms with Crippen molar-refractivity contribution in [2.45, 2.75) is 58.5 Å². The predicted octanol–water partition coefficient (Wildman–Crippen LogP) is 0.0920. The van der Waals surface area contributed by atoms with Crippen molar-refractivity contribution in [3.8, 4) is 0 Å². The summed E-state index contributed by atoms with van der Waals surface area (Å²) in [6.45, 7) is 4.30. The minimum absolute atomic E-state index is 0.0417. The van der Waals surface area contributed by atoms with Gasteiger partial charge in [0.1, 0.15) is 6.04 Å². The van der Waals surface area contributed by atoms with E-state index in [2.05, 4.69) is 4.74 Å². The smallest absolute Gasteiger partial charge is 0.421 e. The Hall–Kier alpha value is -2.45. The number of hydrogen-bond donors (Lipinski definition) is 1. The topological polar surface area (TPSA) is 172 Å². The summed E-state index contributed by atoms with van der Waals surface area (Å²) in [5.74, 6) is -1.07. The third kappa shape index (κ3) is 7.01. The van der Waals surface area contributed by atoms with E-state index in [1.165, 1.54) is 25.9 Å². The van der Waals surface area contributed by atoms with Crippen molar-refractivity contribution in [1.82, 2.24) is 9.96 Å². The third-order valence-electron chi connectivity index (χ3n) is 5.33. The van der Waals surface area contributed by atoms with Gasteiger partial charge in [-0.25, -0.2) is 8.98 Å². The minimum atomic E-state index is -4.60. The van der Waals surface area contributed by atoms with Crippen LogP contribution in [0.25, 0.3) is 0 Å². The summed E-state index contributed by atoms with van der Waals surface area (Å²) in [6, 6.07) is -2.10. The standard InChI is InChI=1S/C14H23N3O8S.C5H8O2/c1-4-23-12(19)14(2,3)8-24-26(21,22)25-17-9-5-6-10(11(15)18)16(7-9)13(17)20;1-7-5(6)4-2-3-4/h9-10H,4-8H2,1-3H3,(H2,15,18);4H,2-3H2,1H3/t9-,10+;/m1./s1. The number of methoxy groups -OCH3 is 1. The van der Waals surface area contributed by atoms with Crippen LogP contribution in [0.5, 0.6) is 0 Å². The third-order valence-corrected chi connectivity index (χ3v) is 6.08. The molecule has 1 aliphatic carbocycles. The molecule has 2 atom stereocenters. The molecule has 0 aromatic carbocycles. The molecule has 2 saturated heterocycles. The quantitative estimate of drug-likeness (QED) is 0.434. The lowest BCUT2D eigenvalue weighted by Crippen LogP contribution is -2.47. The van der Waals surface area contributed by atoms with Gasteiger partial charge in [-0.1, -0.05) is 0 Å². The van der Waals surface area contributed by atoms with Gasteiger partial charge in [0.05, 0.1) is 37.7 Å². The van der Waals surface area contributed by atoms with Crippen molar-refractivity contribution in [2.24, 2.45) is 17.1 Å². The second kappa shape index (κ2) is 10.7. The van der Waals surface area contributed by atoms with E-state index in [0.717, 1.165) is 12.8 Å². The van der Waals surface area contributed by atoms with Gasteiger partial charge in [0.2, 0.25) is 5.91 Å². The first-order valence-electron chi connectivity index (χ1n) is 10.6. The van der Waals surface area contributed by atoms with Gasteiger partial charge in [0.15, 0.2) is 0 Å². The van der Waals surface area contributed by atoms with E-state index in [4.69, 9.17) is 18.9 Å². The number of hydrogen-bond acceptors (Lipinski definition) is 10. The van der Waals surface area contributed by atoms with Gasteiger partial charge < -0.3 is 20.1 Å². The average molecular weight is 494 g/mol. The normalized spacial score (nSPS) is 22.4. The van der Waals surface area contributed by atoms with E-state index in [1.54, 1.807) is 6.92 Å². The van der Waals surface area contributed by atoms with Crippen molar-refractivity contribution in [3.63, 3.8) is 0 Å². The van der Waals surface area contributed by atoms with Gasteiger partial charge in [-0.2, -0.15) is 13.5 Å². The lowest BCUT2D eigenvalue weighted by atomic mass is 9.95. The number of amides is 3. The Bertz CT molecular complexity index is 871. The van der Waals surface area contributed by atoms with E-state index in [-0.39, 0.29) is 25.0 Å². The second-order valence-electron chi connectivity index (χ2n) is 8.56. The number of primary amides is 1. The van der Waals surface area contributed by atoms with Crippen molar-refractivity contribution in [2.75, 3.05) is 26.9 Å². The second-order valence-corrected chi connectivity index (χ2v) is 9.76. The monoisotopic (exact) mass is 493 g/mol. The number of rotatable bonds is 9. The predicted molar refractivity (Wildman–Crippen MR) is 111 cm³/mol. The highest BCUT2D eigenvalue weighted by atomic mass is 32.3. The zero-order valence-corrected chi connectivity index (χ0v) is 20.0. The van der Waals surface area contributed by atoms with Gasteiger partial charge >= 0.3 is 28.4 Å². The number of hydroxylamine groups is 2. The van der Waals surface area contributed by atoms with Crippen LogP contribution in [0.1, 0.15) is 46.5 Å². The van der Waals surface area contributed by atoms with Gasteiger partial charge in [-0.3, -0.25) is 14.4 Å². The number of carbonyl (C=O) groups excluding carboxylic acids is 4. The van der Waals surface area contributed by atoms with Crippen LogP contribution in [0, 0.1) is 11.3 Å². The molecule has 33 heavy (non-hydrogen) atoms. The highest BCUT2D eigenvalue weighted by Gasteiger charge is 2.49. The largest absolute Gasteiger partial charge is 0.469 e. The Morgan fingerprint density at radius 2 is 1.79 bits per heavy atom. The first kappa shape index (κ1) is 26.8. The number of fused-ring (bicyclic) bond motifs is 2. The van der Waals surface area contributed by atoms with Crippen molar-refractivity contribution < 1.29 is 45.5 Å². The fourth-order valence-electron chi connectivity index (χ4n) is 3.24. The minimum Gasteiger partial charge on any atom is -0.469 e. The van der Waals surface area contributed by atoms with Crippen LogP contribution in [0.4, 0.5) is 4.79 Å². The first-order chi connectivity index (χ1) is 15.3. The lowest BCUT2D eigenvalue weighted by Gasteiger charge is -2.27. The molecule has 0 aromatic rings. The fourth-order valence-corrected chi connectivity index (χ4v) is 4.10. The Balaban J connectivity index is 0.000000468. The molecule has 188 valence electrons. The first-order valence-corrected chi connectivity index (χ1v) is 11.9. The summed E-state index contributed by atoms with van der Waals surface area (Å²) in [5.41, 5.74) is 4.03. The molecule has 2 heterocycles. The maximum absolute atomic E-state index is 12.3. The number of ether oxygens (including phenoxy) is 2. The highest BCUT2D eigenvalue weighted by Crippen LogP contribution is 2.31. The molecular weight excluding hydrogens is 462 g/mol. The summed E-state index contributed by atoms with van der Waals surface area (Å²) in [7, 11) is -3.17. The molecule has 2 aliphatic heterocycles. The number of nitrogens with two attached hydrogens (primary N) is 1. The van der Waals surface area contributed by atoms with Crippen LogP contribution in [-0.4, -0.2) is 81.2 Å². The van der Waals surface area contributed by atoms with Crippen molar-refractivity contribution in [1.29, 1.82) is 0 Å². The molecule has 3 amide bonds. The van der Waals surface area contributed by atoms with Crippen molar-refractivity contribution in [3.05, 3.63) is 0 Å². The van der Waals surface area contributed by atoms with Crippen LogP contribution in [0.15, 0.2) is 0 Å². The summed E-state index contributed by atoms with van der Waals surface area (Å²) in [6.07, 6.45) is 2.75. The Kier molecular flexibility index (Phi) is 8.65. The molecule has 0 aromatic heterocycles. The van der Waals surface area contributed by atoms with E-state index < -0.39 is 52.4 Å². The van der Waals surface area contributed by atoms with Crippen molar-refractivity contribution >= 4 is 34.3 Å². The van der Waals surface area contributed by atoms with Crippen LogP contribution in [0.2, 0.25) is 0 Å². The number of piperidine rings is 1. The summed E-state index contributed by atoms with van der Waals surface area (Å²) < 4.78 is 42.9. The lowest BCUT2D eigenvalue weighted by molar-refractivity contribution is -0.155.